The Morgan fingerprint density at radius 1 is 1.45 bits per heavy atom. The fraction of sp³-hybridized carbons (Fsp3) is 0.733. The standard InChI is InChI=1S/C10H16N3O2PS.C3H8.C2H6/c14-16-15-8-2-5-13(7-8)10-1-4-11-9(12-10)3-6-17;1-3-2;1-2/h1,4,8,14,16-17H,2-3,5-7H2;3H2,1-2H3;1-2H3. The lowest BCUT2D eigenvalue weighted by atomic mass is 10.3. The highest BCUT2D eigenvalue weighted by Gasteiger charge is 2.24. The van der Waals surface area contributed by atoms with Crippen LogP contribution in [0.4, 0.5) is 5.82 Å². The number of aromatic nitrogens is 2. The molecule has 0 saturated carbocycles. The second kappa shape index (κ2) is 14.2. The second-order valence-corrected chi connectivity index (χ2v) is 5.44. The van der Waals surface area contributed by atoms with E-state index >= 15 is 0 Å². The van der Waals surface area contributed by atoms with Crippen LogP contribution in [0.25, 0.3) is 0 Å². The van der Waals surface area contributed by atoms with E-state index in [0.29, 0.717) is 0 Å². The fourth-order valence-corrected chi connectivity index (χ4v) is 2.43. The highest BCUT2D eigenvalue weighted by Crippen LogP contribution is 2.23. The van der Waals surface area contributed by atoms with Crippen LogP contribution in [-0.4, -0.2) is 39.8 Å². The number of aryl methyl sites for hydroxylation is 1. The molecular formula is C15H30N3O2PS. The van der Waals surface area contributed by atoms with Crippen LogP contribution >= 0.6 is 21.7 Å². The van der Waals surface area contributed by atoms with Gasteiger partial charge in [-0.05, 0) is 18.2 Å². The summed E-state index contributed by atoms with van der Waals surface area (Å²) >= 11 is 4.18. The maximum atomic E-state index is 8.75. The molecule has 1 N–H and O–H groups in total. The molecule has 1 aromatic rings. The van der Waals surface area contributed by atoms with Crippen molar-refractivity contribution in [2.75, 3.05) is 23.7 Å². The third kappa shape index (κ3) is 8.28. The van der Waals surface area contributed by atoms with Crippen molar-refractivity contribution in [3.63, 3.8) is 0 Å². The summed E-state index contributed by atoms with van der Waals surface area (Å²) in [5.74, 6) is 2.51. The molecule has 1 fully saturated rings. The molecule has 2 rings (SSSR count). The van der Waals surface area contributed by atoms with Crippen LogP contribution in [0.1, 0.15) is 46.4 Å². The van der Waals surface area contributed by atoms with E-state index in [4.69, 9.17) is 9.42 Å². The number of thiol groups is 1. The molecule has 1 saturated heterocycles. The van der Waals surface area contributed by atoms with Crippen LogP contribution in [0.15, 0.2) is 12.3 Å². The summed E-state index contributed by atoms with van der Waals surface area (Å²) in [6.07, 6.45) is 4.85. The maximum Gasteiger partial charge on any atom is 0.152 e. The molecule has 7 heteroatoms. The Labute approximate surface area is 142 Å². The summed E-state index contributed by atoms with van der Waals surface area (Å²) in [7, 11) is -0.433. The quantitative estimate of drug-likeness (QED) is 0.631. The third-order valence-corrected chi connectivity index (χ3v) is 3.38. The van der Waals surface area contributed by atoms with Gasteiger partial charge in [-0.15, -0.1) is 0 Å². The number of anilines is 1. The van der Waals surface area contributed by atoms with Crippen LogP contribution < -0.4 is 4.90 Å². The van der Waals surface area contributed by atoms with Gasteiger partial charge in [0.2, 0.25) is 0 Å². The number of rotatable bonds is 5. The first-order valence-corrected chi connectivity index (χ1v) is 9.46. The van der Waals surface area contributed by atoms with Gasteiger partial charge in [0.1, 0.15) is 11.6 Å². The van der Waals surface area contributed by atoms with E-state index < -0.39 is 9.03 Å². The summed E-state index contributed by atoms with van der Waals surface area (Å²) in [5, 5.41) is 0. The Hall–Kier alpha value is -0.420. The van der Waals surface area contributed by atoms with Crippen molar-refractivity contribution in [1.29, 1.82) is 0 Å². The van der Waals surface area contributed by atoms with Crippen molar-refractivity contribution in [2.24, 2.45) is 0 Å². The van der Waals surface area contributed by atoms with Crippen LogP contribution in [0.5, 0.6) is 0 Å². The summed E-state index contributed by atoms with van der Waals surface area (Å²) < 4.78 is 5.22. The predicted octanol–water partition coefficient (Wildman–Crippen LogP) is 3.49. The molecule has 0 aromatic carbocycles. The van der Waals surface area contributed by atoms with Crippen LogP contribution in [-0.2, 0) is 10.9 Å². The molecule has 2 unspecified atom stereocenters. The molecule has 22 heavy (non-hydrogen) atoms. The molecule has 2 atom stereocenters. The number of hydrogen-bond donors (Lipinski definition) is 2. The lowest BCUT2D eigenvalue weighted by molar-refractivity contribution is 0.236. The predicted molar refractivity (Wildman–Crippen MR) is 99.1 cm³/mol. The van der Waals surface area contributed by atoms with Gasteiger partial charge in [-0.1, -0.05) is 34.1 Å². The summed E-state index contributed by atoms with van der Waals surface area (Å²) in [6.45, 7) is 9.94. The molecule has 0 bridgehead atoms. The van der Waals surface area contributed by atoms with Gasteiger partial charge in [0.15, 0.2) is 9.03 Å². The fourth-order valence-electron chi connectivity index (χ4n) is 1.89. The molecule has 5 nitrogen and oxygen atoms in total. The lowest BCUT2D eigenvalue weighted by Gasteiger charge is -2.17. The summed E-state index contributed by atoms with van der Waals surface area (Å²) in [4.78, 5) is 19.6. The van der Waals surface area contributed by atoms with Gasteiger partial charge in [0.05, 0.1) is 6.10 Å². The molecule has 0 spiro atoms. The average molecular weight is 347 g/mol. The minimum atomic E-state index is -0.433. The Morgan fingerprint density at radius 2 is 2.14 bits per heavy atom. The zero-order chi connectivity index (χ0) is 16.8. The summed E-state index contributed by atoms with van der Waals surface area (Å²) in [5.41, 5.74) is 0. The zero-order valence-corrected chi connectivity index (χ0v) is 16.0. The smallest absolute Gasteiger partial charge is 0.152 e. The molecule has 1 aliphatic rings. The largest absolute Gasteiger partial charge is 0.354 e. The highest BCUT2D eigenvalue weighted by atomic mass is 32.1. The maximum absolute atomic E-state index is 8.75. The van der Waals surface area contributed by atoms with E-state index in [1.807, 2.05) is 19.9 Å². The van der Waals surface area contributed by atoms with Gasteiger partial charge >= 0.3 is 0 Å². The van der Waals surface area contributed by atoms with Gasteiger partial charge < -0.3 is 14.3 Å². The van der Waals surface area contributed by atoms with Crippen molar-refractivity contribution in [2.45, 2.75) is 53.1 Å². The second-order valence-electron chi connectivity index (χ2n) is 4.58. The van der Waals surface area contributed by atoms with Crippen molar-refractivity contribution in [3.8, 4) is 0 Å². The Kier molecular flexibility index (Phi) is 13.9. The van der Waals surface area contributed by atoms with Crippen LogP contribution in [0.2, 0.25) is 0 Å². The summed E-state index contributed by atoms with van der Waals surface area (Å²) in [6, 6.07) is 1.91. The molecule has 1 aliphatic heterocycles. The highest BCUT2D eigenvalue weighted by molar-refractivity contribution is 7.80. The Bertz CT molecular complexity index is 386. The Balaban J connectivity index is 0.000000789. The number of nitrogens with zero attached hydrogens (tertiary/aromatic N) is 3. The molecule has 0 amide bonds. The van der Waals surface area contributed by atoms with Crippen molar-refractivity contribution < 1.29 is 9.42 Å². The van der Waals surface area contributed by atoms with Crippen molar-refractivity contribution in [3.05, 3.63) is 18.1 Å². The van der Waals surface area contributed by atoms with E-state index in [1.165, 1.54) is 6.42 Å². The first-order chi connectivity index (χ1) is 10.7. The van der Waals surface area contributed by atoms with Gasteiger partial charge in [0.25, 0.3) is 0 Å². The van der Waals surface area contributed by atoms with E-state index in [9.17, 15) is 0 Å². The average Bonchev–Trinajstić information content (AvgIpc) is 3.00. The van der Waals surface area contributed by atoms with Gasteiger partial charge in [-0.3, -0.25) is 0 Å². The minimum absolute atomic E-state index is 0.113. The monoisotopic (exact) mass is 347 g/mol. The SMILES string of the molecule is CC.CCC.OPOC1CCN(c2ccnc(CCS)n2)C1. The molecule has 2 heterocycles. The van der Waals surface area contributed by atoms with E-state index in [0.717, 1.165) is 43.3 Å². The molecular weight excluding hydrogens is 317 g/mol. The van der Waals surface area contributed by atoms with Gasteiger partial charge in [0, 0.05) is 25.7 Å². The first-order valence-electron chi connectivity index (χ1n) is 7.97. The van der Waals surface area contributed by atoms with Gasteiger partial charge in [-0.25, -0.2) is 9.97 Å². The zero-order valence-electron chi connectivity index (χ0n) is 14.1. The van der Waals surface area contributed by atoms with Crippen molar-refractivity contribution in [1.82, 2.24) is 9.97 Å². The normalized spacial score (nSPS) is 17.0. The lowest BCUT2D eigenvalue weighted by Crippen LogP contribution is -2.23. The molecule has 0 radical (unpaired) electrons. The third-order valence-electron chi connectivity index (χ3n) is 2.71. The van der Waals surface area contributed by atoms with Gasteiger partial charge in [-0.2, -0.15) is 12.6 Å². The Morgan fingerprint density at radius 3 is 2.73 bits per heavy atom. The molecule has 128 valence electrons. The minimum Gasteiger partial charge on any atom is -0.354 e. The van der Waals surface area contributed by atoms with Crippen LogP contribution in [0.3, 0.4) is 0 Å². The van der Waals surface area contributed by atoms with E-state index in [-0.39, 0.29) is 6.10 Å². The molecule has 1 aromatic heterocycles. The van der Waals surface area contributed by atoms with Crippen LogP contribution in [0, 0.1) is 0 Å². The first kappa shape index (κ1) is 21.6. The molecule has 0 aliphatic carbocycles. The number of hydrogen-bond acceptors (Lipinski definition) is 6. The van der Waals surface area contributed by atoms with E-state index in [2.05, 4.69) is 41.3 Å². The van der Waals surface area contributed by atoms with Crippen molar-refractivity contribution >= 4 is 27.5 Å². The van der Waals surface area contributed by atoms with E-state index in [1.54, 1.807) is 6.20 Å². The topological polar surface area (TPSA) is 58.5 Å².